The molecule has 1 nitrogen and oxygen atoms in total. The van der Waals surface area contributed by atoms with Crippen molar-refractivity contribution in [1.82, 2.24) is 0 Å². The van der Waals surface area contributed by atoms with E-state index in [4.69, 9.17) is 4.74 Å². The van der Waals surface area contributed by atoms with Crippen LogP contribution in [0.4, 0.5) is 0 Å². The molecule has 5 rings (SSSR count). The van der Waals surface area contributed by atoms with Crippen LogP contribution < -0.4 is 4.74 Å². The second kappa shape index (κ2) is 9.38. The molecular weight excluding hydrogens is 424 g/mol. The van der Waals surface area contributed by atoms with E-state index < -0.39 is 0 Å². The van der Waals surface area contributed by atoms with Crippen LogP contribution in [0.2, 0.25) is 0 Å². The molecule has 0 bridgehead atoms. The average Bonchev–Trinajstić information content (AvgIpc) is 2.84. The molecule has 0 aromatic heterocycles. The predicted molar refractivity (Wildman–Crippen MR) is 151 cm³/mol. The van der Waals surface area contributed by atoms with Crippen molar-refractivity contribution in [3.8, 4) is 5.75 Å². The van der Waals surface area contributed by atoms with Crippen LogP contribution in [0.1, 0.15) is 58.1 Å². The van der Waals surface area contributed by atoms with Crippen LogP contribution in [0, 0.1) is 11.3 Å². The number of hydrogen-bond acceptors (Lipinski definition) is 1. The molecule has 35 heavy (non-hydrogen) atoms. The molecule has 0 aliphatic rings. The molecule has 0 amide bonds. The van der Waals surface area contributed by atoms with Crippen LogP contribution in [0.15, 0.2) is 91.0 Å². The highest BCUT2D eigenvalue weighted by molar-refractivity contribution is 6.02. The largest absolute Gasteiger partial charge is 0.489 e. The van der Waals surface area contributed by atoms with E-state index >= 15 is 0 Å². The Labute approximate surface area is 209 Å². The first kappa shape index (κ1) is 23.4. The van der Waals surface area contributed by atoms with Gasteiger partial charge < -0.3 is 4.74 Å². The molecule has 0 saturated carbocycles. The summed E-state index contributed by atoms with van der Waals surface area (Å²) >= 11 is 0. The summed E-state index contributed by atoms with van der Waals surface area (Å²) < 4.78 is 6.40. The van der Waals surface area contributed by atoms with Gasteiger partial charge >= 0.3 is 0 Å². The Bertz CT molecular complexity index is 1430. The van der Waals surface area contributed by atoms with Crippen molar-refractivity contribution in [3.05, 3.63) is 102 Å². The Kier molecular flexibility index (Phi) is 6.28. The van der Waals surface area contributed by atoms with E-state index in [0.717, 1.165) is 5.75 Å². The normalized spacial score (nSPS) is 13.1. The fourth-order valence-corrected chi connectivity index (χ4v) is 5.38. The minimum absolute atomic E-state index is 0.313. The summed E-state index contributed by atoms with van der Waals surface area (Å²) in [4.78, 5) is 0. The van der Waals surface area contributed by atoms with Gasteiger partial charge in [-0.25, -0.2) is 0 Å². The van der Waals surface area contributed by atoms with Crippen molar-refractivity contribution >= 4 is 32.3 Å². The monoisotopic (exact) mass is 460 g/mol. The fraction of sp³-hybridized carbons (Fsp3) is 0.294. The van der Waals surface area contributed by atoms with Gasteiger partial charge in [0.15, 0.2) is 0 Å². The molecule has 0 heterocycles. The first-order chi connectivity index (χ1) is 16.8. The van der Waals surface area contributed by atoms with Gasteiger partial charge in [0.05, 0.1) is 0 Å². The van der Waals surface area contributed by atoms with Gasteiger partial charge in [0.2, 0.25) is 0 Å². The highest BCUT2D eigenvalue weighted by Crippen LogP contribution is 2.38. The summed E-state index contributed by atoms with van der Waals surface area (Å²) in [6.07, 6.45) is 1.19. The van der Waals surface area contributed by atoms with Gasteiger partial charge in [-0.15, -0.1) is 0 Å². The number of rotatable bonds is 6. The van der Waals surface area contributed by atoms with E-state index in [1.807, 2.05) is 0 Å². The second-order valence-electron chi connectivity index (χ2n) is 11.5. The number of fused-ring (bicyclic) bond motifs is 3. The van der Waals surface area contributed by atoms with E-state index in [-0.39, 0.29) is 0 Å². The third kappa shape index (κ3) is 5.05. The van der Waals surface area contributed by atoms with Crippen molar-refractivity contribution in [2.75, 3.05) is 0 Å². The van der Waals surface area contributed by atoms with Gasteiger partial charge in [-0.1, -0.05) is 107 Å². The van der Waals surface area contributed by atoms with E-state index in [2.05, 4.69) is 126 Å². The topological polar surface area (TPSA) is 9.23 Å². The quantitative estimate of drug-likeness (QED) is 0.229. The molecule has 0 spiro atoms. The Morgan fingerprint density at radius 3 is 1.89 bits per heavy atom. The smallest absolute Gasteiger partial charge is 0.120 e. The number of benzene rings is 5. The molecule has 0 aliphatic carbocycles. The Hall–Kier alpha value is -3.32. The van der Waals surface area contributed by atoms with Crippen LogP contribution in [0.5, 0.6) is 5.75 Å². The molecule has 0 saturated heterocycles. The van der Waals surface area contributed by atoms with Gasteiger partial charge in [0.1, 0.15) is 12.4 Å². The SMILES string of the molecule is CC(C)C(CC(C)(C)C)c1ccc2cc(OCc3c4ccccc4cc4ccccc34)ccc2c1. The maximum Gasteiger partial charge on any atom is 0.120 e. The molecule has 178 valence electrons. The fourth-order valence-electron chi connectivity index (χ4n) is 5.38. The van der Waals surface area contributed by atoms with E-state index in [0.29, 0.717) is 23.9 Å². The lowest BCUT2D eigenvalue weighted by atomic mass is 9.76. The zero-order chi connectivity index (χ0) is 24.6. The summed E-state index contributed by atoms with van der Waals surface area (Å²) in [5.74, 6) is 2.09. The average molecular weight is 461 g/mol. The number of ether oxygens (including phenoxy) is 1. The van der Waals surface area contributed by atoms with Gasteiger partial charge in [-0.05, 0) is 79.8 Å². The van der Waals surface area contributed by atoms with Gasteiger partial charge in [-0.2, -0.15) is 0 Å². The molecule has 1 atom stereocenters. The first-order valence-corrected chi connectivity index (χ1v) is 12.8. The molecule has 0 radical (unpaired) electrons. The standard InChI is InChI=1S/C34H36O/c1-23(2)32(21-34(3,4)5)28-15-14-25-20-29(17-16-24(25)18-28)35-22-33-30-12-8-6-10-26(30)19-27-11-7-9-13-31(27)33/h6-20,23,32H,21-22H2,1-5H3. The van der Waals surface area contributed by atoms with Crippen LogP contribution in [-0.4, -0.2) is 0 Å². The first-order valence-electron chi connectivity index (χ1n) is 12.8. The molecule has 5 aromatic rings. The lowest BCUT2D eigenvalue weighted by Crippen LogP contribution is -2.16. The zero-order valence-corrected chi connectivity index (χ0v) is 21.6. The highest BCUT2D eigenvalue weighted by atomic mass is 16.5. The highest BCUT2D eigenvalue weighted by Gasteiger charge is 2.23. The zero-order valence-electron chi connectivity index (χ0n) is 21.6. The maximum absolute atomic E-state index is 6.40. The van der Waals surface area contributed by atoms with Crippen molar-refractivity contribution in [1.29, 1.82) is 0 Å². The van der Waals surface area contributed by atoms with E-state index in [9.17, 15) is 0 Å². The molecule has 0 aliphatic heterocycles. The minimum Gasteiger partial charge on any atom is -0.489 e. The lowest BCUT2D eigenvalue weighted by molar-refractivity contribution is 0.301. The minimum atomic E-state index is 0.313. The molecule has 0 fully saturated rings. The summed E-state index contributed by atoms with van der Waals surface area (Å²) in [6.45, 7) is 12.3. The maximum atomic E-state index is 6.40. The number of hydrogen-bond donors (Lipinski definition) is 0. The van der Waals surface area contributed by atoms with E-state index in [1.54, 1.807) is 0 Å². The van der Waals surface area contributed by atoms with Gasteiger partial charge in [0, 0.05) is 5.56 Å². The van der Waals surface area contributed by atoms with Crippen LogP contribution >= 0.6 is 0 Å². The van der Waals surface area contributed by atoms with Crippen LogP contribution in [-0.2, 0) is 6.61 Å². The third-order valence-corrected chi connectivity index (χ3v) is 7.17. The van der Waals surface area contributed by atoms with Crippen LogP contribution in [0.25, 0.3) is 32.3 Å². The van der Waals surface area contributed by atoms with Crippen molar-refractivity contribution in [3.63, 3.8) is 0 Å². The molecule has 1 unspecified atom stereocenters. The van der Waals surface area contributed by atoms with Gasteiger partial charge in [0.25, 0.3) is 0 Å². The molecule has 1 heteroatoms. The van der Waals surface area contributed by atoms with Crippen molar-refractivity contribution < 1.29 is 4.74 Å². The second-order valence-corrected chi connectivity index (χ2v) is 11.5. The predicted octanol–water partition coefficient (Wildman–Crippen LogP) is 9.90. The van der Waals surface area contributed by atoms with E-state index in [1.165, 1.54) is 49.9 Å². The Morgan fingerprint density at radius 2 is 1.26 bits per heavy atom. The Morgan fingerprint density at radius 1 is 0.657 bits per heavy atom. The van der Waals surface area contributed by atoms with Crippen molar-refractivity contribution in [2.24, 2.45) is 11.3 Å². The lowest BCUT2D eigenvalue weighted by Gasteiger charge is -2.29. The summed E-state index contributed by atoms with van der Waals surface area (Å²) in [5, 5.41) is 7.54. The molecule has 0 N–H and O–H groups in total. The Balaban J connectivity index is 1.44. The molecular formula is C34H36O. The summed E-state index contributed by atoms with van der Waals surface area (Å²) in [5.41, 5.74) is 3.00. The summed E-state index contributed by atoms with van der Waals surface area (Å²) in [6, 6.07) is 32.9. The summed E-state index contributed by atoms with van der Waals surface area (Å²) in [7, 11) is 0. The van der Waals surface area contributed by atoms with Crippen LogP contribution in [0.3, 0.4) is 0 Å². The molecule has 5 aromatic carbocycles. The van der Waals surface area contributed by atoms with Gasteiger partial charge in [-0.3, -0.25) is 0 Å². The van der Waals surface area contributed by atoms with Crippen molar-refractivity contribution in [2.45, 2.75) is 53.6 Å². The third-order valence-electron chi connectivity index (χ3n) is 7.17.